The van der Waals surface area contributed by atoms with Gasteiger partial charge in [0, 0.05) is 23.9 Å². The van der Waals surface area contributed by atoms with Crippen molar-refractivity contribution < 1.29 is 13.3 Å². The molecule has 18 heavy (non-hydrogen) atoms. The molecule has 2 N–H and O–H groups in total. The van der Waals surface area contributed by atoms with E-state index < -0.39 is 14.8 Å². The molecule has 0 amide bonds. The fourth-order valence-corrected chi connectivity index (χ4v) is 2.18. The first kappa shape index (κ1) is 14.6. The van der Waals surface area contributed by atoms with Crippen LogP contribution in [0.4, 0.5) is 5.69 Å². The molecule has 0 aliphatic rings. The quantitative estimate of drug-likeness (QED) is 0.642. The zero-order chi connectivity index (χ0) is 13.9. The third-order valence-electron chi connectivity index (χ3n) is 2.69. The first-order valence-corrected chi connectivity index (χ1v) is 7.37. The van der Waals surface area contributed by atoms with Gasteiger partial charge in [0.05, 0.1) is 9.82 Å². The van der Waals surface area contributed by atoms with Crippen molar-refractivity contribution in [2.24, 2.45) is 5.73 Å². The van der Waals surface area contributed by atoms with Crippen LogP contribution in [0.3, 0.4) is 0 Å². The van der Waals surface area contributed by atoms with Crippen molar-refractivity contribution in [3.8, 4) is 0 Å². The van der Waals surface area contributed by atoms with Gasteiger partial charge in [-0.05, 0) is 18.9 Å². The van der Waals surface area contributed by atoms with Crippen molar-refractivity contribution in [1.82, 2.24) is 0 Å². The van der Waals surface area contributed by atoms with Gasteiger partial charge in [-0.3, -0.25) is 10.1 Å². The van der Waals surface area contributed by atoms with E-state index in [1.54, 1.807) is 0 Å². The Kier molecular flexibility index (Phi) is 4.42. The maximum absolute atomic E-state index is 11.4. The second kappa shape index (κ2) is 5.45. The van der Waals surface area contributed by atoms with Crippen molar-refractivity contribution in [2.75, 3.05) is 6.26 Å². The van der Waals surface area contributed by atoms with E-state index in [4.69, 9.17) is 5.73 Å². The first-order valence-electron chi connectivity index (χ1n) is 5.48. The molecule has 1 aromatic rings. The topological polar surface area (TPSA) is 103 Å². The minimum Gasteiger partial charge on any atom is -0.327 e. The molecule has 0 aliphatic carbocycles. The SMILES string of the molecule is CCC(N)Cc1ccc(S(C)(=O)=O)cc1[N+](=O)[O-]. The summed E-state index contributed by atoms with van der Waals surface area (Å²) in [5.41, 5.74) is 6.02. The molecule has 0 radical (unpaired) electrons. The van der Waals surface area contributed by atoms with Crippen molar-refractivity contribution in [1.29, 1.82) is 0 Å². The summed E-state index contributed by atoms with van der Waals surface area (Å²) in [7, 11) is -3.45. The normalized spacial score (nSPS) is 13.3. The van der Waals surface area contributed by atoms with E-state index in [1.165, 1.54) is 12.1 Å². The van der Waals surface area contributed by atoms with Gasteiger partial charge >= 0.3 is 0 Å². The van der Waals surface area contributed by atoms with Gasteiger partial charge in [0.15, 0.2) is 9.84 Å². The van der Waals surface area contributed by atoms with Crippen LogP contribution in [0.5, 0.6) is 0 Å². The lowest BCUT2D eigenvalue weighted by Crippen LogP contribution is -2.22. The van der Waals surface area contributed by atoms with Gasteiger partial charge in [-0.15, -0.1) is 0 Å². The van der Waals surface area contributed by atoms with Crippen LogP contribution in [0.15, 0.2) is 23.1 Å². The van der Waals surface area contributed by atoms with Gasteiger partial charge in [0.25, 0.3) is 5.69 Å². The molecule has 0 saturated heterocycles. The molecule has 100 valence electrons. The Balaban J connectivity index is 3.25. The van der Waals surface area contributed by atoms with Gasteiger partial charge in [-0.2, -0.15) is 0 Å². The Bertz CT molecular complexity index is 554. The molecule has 0 saturated carbocycles. The van der Waals surface area contributed by atoms with E-state index in [2.05, 4.69) is 0 Å². The largest absolute Gasteiger partial charge is 0.327 e. The van der Waals surface area contributed by atoms with Gasteiger partial charge in [-0.1, -0.05) is 13.0 Å². The van der Waals surface area contributed by atoms with Crippen molar-refractivity contribution in [2.45, 2.75) is 30.7 Å². The van der Waals surface area contributed by atoms with Crippen LogP contribution in [-0.4, -0.2) is 25.6 Å². The number of sulfone groups is 1. The predicted molar refractivity (Wildman–Crippen MR) is 68.2 cm³/mol. The van der Waals surface area contributed by atoms with E-state index in [1.807, 2.05) is 6.92 Å². The third-order valence-corrected chi connectivity index (χ3v) is 3.80. The van der Waals surface area contributed by atoms with Crippen molar-refractivity contribution in [3.05, 3.63) is 33.9 Å². The maximum Gasteiger partial charge on any atom is 0.273 e. The molecule has 0 fully saturated rings. The lowest BCUT2D eigenvalue weighted by molar-refractivity contribution is -0.385. The van der Waals surface area contributed by atoms with E-state index in [0.717, 1.165) is 12.3 Å². The minimum atomic E-state index is -3.45. The van der Waals surface area contributed by atoms with Crippen LogP contribution >= 0.6 is 0 Å². The standard InChI is InChI=1S/C11H16N2O4S/c1-3-9(12)6-8-4-5-10(18(2,16)17)7-11(8)13(14)15/h4-5,7,9H,3,6,12H2,1-2H3. The second-order valence-corrected chi connectivity index (χ2v) is 6.21. The second-order valence-electron chi connectivity index (χ2n) is 4.19. The lowest BCUT2D eigenvalue weighted by atomic mass is 10.0. The number of nitrogens with zero attached hydrogens (tertiary/aromatic N) is 1. The fourth-order valence-electron chi connectivity index (χ4n) is 1.54. The number of hydrogen-bond acceptors (Lipinski definition) is 5. The number of hydrogen-bond donors (Lipinski definition) is 1. The Morgan fingerprint density at radius 2 is 2.06 bits per heavy atom. The minimum absolute atomic E-state index is 0.0528. The van der Waals surface area contributed by atoms with Crippen LogP contribution in [0.25, 0.3) is 0 Å². The average Bonchev–Trinajstić information content (AvgIpc) is 2.27. The molecule has 0 bridgehead atoms. The molecule has 6 nitrogen and oxygen atoms in total. The molecule has 1 atom stereocenters. The van der Waals surface area contributed by atoms with Crippen molar-refractivity contribution >= 4 is 15.5 Å². The van der Waals surface area contributed by atoms with E-state index >= 15 is 0 Å². The highest BCUT2D eigenvalue weighted by Gasteiger charge is 2.19. The molecule has 1 rings (SSSR count). The molecule has 0 aliphatic heterocycles. The Morgan fingerprint density at radius 1 is 1.44 bits per heavy atom. The number of rotatable bonds is 5. The van der Waals surface area contributed by atoms with Gasteiger partial charge in [0.2, 0.25) is 0 Å². The Labute approximate surface area is 106 Å². The van der Waals surface area contributed by atoms with Gasteiger partial charge in [0.1, 0.15) is 0 Å². The highest BCUT2D eigenvalue weighted by atomic mass is 32.2. The van der Waals surface area contributed by atoms with Crippen molar-refractivity contribution in [3.63, 3.8) is 0 Å². The third kappa shape index (κ3) is 3.51. The molecule has 0 heterocycles. The van der Waals surface area contributed by atoms with Gasteiger partial charge in [-0.25, -0.2) is 8.42 Å². The summed E-state index contributed by atoms with van der Waals surface area (Å²) in [6.07, 6.45) is 2.07. The Hall–Kier alpha value is -1.47. The summed E-state index contributed by atoms with van der Waals surface area (Å²) >= 11 is 0. The molecule has 7 heteroatoms. The number of nitro benzene ring substituents is 1. The number of benzene rings is 1. The number of nitrogens with two attached hydrogens (primary N) is 1. The zero-order valence-corrected chi connectivity index (χ0v) is 11.1. The summed E-state index contributed by atoms with van der Waals surface area (Å²) < 4.78 is 22.7. The molecular weight excluding hydrogens is 256 g/mol. The van der Waals surface area contributed by atoms with Crippen LogP contribution in [-0.2, 0) is 16.3 Å². The highest BCUT2D eigenvalue weighted by Crippen LogP contribution is 2.24. The monoisotopic (exact) mass is 272 g/mol. The van der Waals surface area contributed by atoms with E-state index in [0.29, 0.717) is 18.4 Å². The molecular formula is C11H16N2O4S. The smallest absolute Gasteiger partial charge is 0.273 e. The number of nitro groups is 1. The van der Waals surface area contributed by atoms with Crippen LogP contribution in [0.1, 0.15) is 18.9 Å². The lowest BCUT2D eigenvalue weighted by Gasteiger charge is -2.09. The highest BCUT2D eigenvalue weighted by molar-refractivity contribution is 7.90. The first-order chi connectivity index (χ1) is 8.25. The van der Waals surface area contributed by atoms with Crippen LogP contribution in [0.2, 0.25) is 0 Å². The average molecular weight is 272 g/mol. The fraction of sp³-hybridized carbons (Fsp3) is 0.455. The maximum atomic E-state index is 11.4. The van der Waals surface area contributed by atoms with Crippen LogP contribution < -0.4 is 5.73 Å². The van der Waals surface area contributed by atoms with Crippen LogP contribution in [0, 0.1) is 10.1 Å². The summed E-state index contributed by atoms with van der Waals surface area (Å²) in [4.78, 5) is 10.3. The predicted octanol–water partition coefficient (Wildman–Crippen LogP) is 1.28. The molecule has 0 spiro atoms. The molecule has 1 aromatic carbocycles. The summed E-state index contributed by atoms with van der Waals surface area (Å²) in [5, 5.41) is 10.9. The summed E-state index contributed by atoms with van der Waals surface area (Å²) in [5.74, 6) is 0. The van der Waals surface area contributed by atoms with E-state index in [-0.39, 0.29) is 16.6 Å². The molecule has 0 aromatic heterocycles. The summed E-state index contributed by atoms with van der Waals surface area (Å²) in [6, 6.07) is 3.75. The molecule has 1 unspecified atom stereocenters. The van der Waals surface area contributed by atoms with E-state index in [9.17, 15) is 18.5 Å². The Morgan fingerprint density at radius 3 is 2.50 bits per heavy atom. The summed E-state index contributed by atoms with van der Waals surface area (Å²) in [6.45, 7) is 1.89. The zero-order valence-electron chi connectivity index (χ0n) is 10.3. The van der Waals surface area contributed by atoms with Gasteiger partial charge < -0.3 is 5.73 Å².